The number of hydrogen-bond acceptors (Lipinski definition) is 5. The molecule has 3 unspecified atom stereocenters. The molecule has 2 amide bonds. The minimum atomic E-state index is -0.409. The van der Waals surface area contributed by atoms with Gasteiger partial charge in [-0.15, -0.1) is 0 Å². The van der Waals surface area contributed by atoms with Gasteiger partial charge in [-0.05, 0) is 62.9 Å². The minimum absolute atomic E-state index is 0.0355. The fourth-order valence-electron chi connectivity index (χ4n) is 3.56. The van der Waals surface area contributed by atoms with E-state index in [9.17, 15) is 14.7 Å². The van der Waals surface area contributed by atoms with E-state index in [-0.39, 0.29) is 30.4 Å². The molecule has 3 rings (SSSR count). The number of benzene rings is 1. The normalized spacial score (nSPS) is 25.0. The fraction of sp³-hybridized carbons (Fsp3) is 0.600. The summed E-state index contributed by atoms with van der Waals surface area (Å²) in [7, 11) is 0. The van der Waals surface area contributed by atoms with Gasteiger partial charge in [0, 0.05) is 18.7 Å². The Morgan fingerprint density at radius 3 is 2.59 bits per heavy atom. The molecule has 3 atom stereocenters. The van der Waals surface area contributed by atoms with Gasteiger partial charge in [-0.2, -0.15) is 0 Å². The summed E-state index contributed by atoms with van der Waals surface area (Å²) in [6.45, 7) is 1.20. The lowest BCUT2D eigenvalue weighted by atomic mass is 9.95. The molecule has 27 heavy (non-hydrogen) atoms. The molecule has 2 aliphatic rings. The Morgan fingerprint density at radius 1 is 1.11 bits per heavy atom. The molecule has 0 radical (unpaired) electrons. The maximum absolute atomic E-state index is 12.0. The summed E-state index contributed by atoms with van der Waals surface area (Å²) in [6.07, 6.45) is 5.29. The van der Waals surface area contributed by atoms with E-state index in [1.807, 2.05) is 0 Å². The second kappa shape index (κ2) is 9.71. The van der Waals surface area contributed by atoms with Crippen molar-refractivity contribution in [2.75, 3.05) is 18.4 Å². The van der Waals surface area contributed by atoms with Crippen LogP contribution in [-0.2, 0) is 9.59 Å². The predicted octanol–water partition coefficient (Wildman–Crippen LogP) is 1.57. The number of aliphatic hydroxyl groups is 1. The van der Waals surface area contributed by atoms with Gasteiger partial charge < -0.3 is 25.8 Å². The summed E-state index contributed by atoms with van der Waals surface area (Å²) in [5.41, 5.74) is 0.681. The van der Waals surface area contributed by atoms with Crippen molar-refractivity contribution in [2.45, 2.75) is 63.2 Å². The highest BCUT2D eigenvalue weighted by atomic mass is 16.5. The zero-order chi connectivity index (χ0) is 19.1. The van der Waals surface area contributed by atoms with Gasteiger partial charge >= 0.3 is 0 Å². The Balaban J connectivity index is 1.38. The van der Waals surface area contributed by atoms with E-state index in [4.69, 9.17) is 4.74 Å². The Morgan fingerprint density at radius 2 is 1.89 bits per heavy atom. The van der Waals surface area contributed by atoms with Crippen molar-refractivity contribution in [1.29, 1.82) is 0 Å². The van der Waals surface area contributed by atoms with Crippen molar-refractivity contribution in [3.05, 3.63) is 24.3 Å². The molecule has 0 aromatic heterocycles. The van der Waals surface area contributed by atoms with Gasteiger partial charge in [-0.1, -0.05) is 6.42 Å². The number of rotatable bonds is 7. The van der Waals surface area contributed by atoms with Crippen LogP contribution in [0.4, 0.5) is 5.69 Å². The molecule has 1 heterocycles. The molecule has 1 aromatic rings. The first-order chi connectivity index (χ1) is 13.1. The van der Waals surface area contributed by atoms with Crippen LogP contribution >= 0.6 is 0 Å². The van der Waals surface area contributed by atoms with Gasteiger partial charge in [0.2, 0.25) is 11.8 Å². The first-order valence-electron chi connectivity index (χ1n) is 9.87. The SMILES string of the molecule is O=C(CCNC(=O)C1CCCN1)Nc1ccc(OC2CCCCC2O)cc1. The molecule has 0 spiro atoms. The highest BCUT2D eigenvalue weighted by Crippen LogP contribution is 2.24. The minimum Gasteiger partial charge on any atom is -0.488 e. The summed E-state index contributed by atoms with van der Waals surface area (Å²) < 4.78 is 5.85. The molecule has 1 aromatic carbocycles. The van der Waals surface area contributed by atoms with Crippen molar-refractivity contribution in [2.24, 2.45) is 0 Å². The van der Waals surface area contributed by atoms with E-state index < -0.39 is 6.10 Å². The second-order valence-electron chi connectivity index (χ2n) is 7.27. The molecule has 1 aliphatic carbocycles. The number of hydrogen-bond donors (Lipinski definition) is 4. The fourth-order valence-corrected chi connectivity index (χ4v) is 3.56. The van der Waals surface area contributed by atoms with Gasteiger partial charge in [0.1, 0.15) is 11.9 Å². The molecule has 7 nitrogen and oxygen atoms in total. The zero-order valence-electron chi connectivity index (χ0n) is 15.6. The number of carbonyl (C=O) groups is 2. The lowest BCUT2D eigenvalue weighted by Crippen LogP contribution is -2.41. The first-order valence-corrected chi connectivity index (χ1v) is 9.87. The largest absolute Gasteiger partial charge is 0.488 e. The van der Waals surface area contributed by atoms with Crippen molar-refractivity contribution >= 4 is 17.5 Å². The van der Waals surface area contributed by atoms with Gasteiger partial charge in [-0.25, -0.2) is 0 Å². The number of carbonyl (C=O) groups excluding carboxylic acids is 2. The molecular formula is C20H29N3O4. The standard InChI is InChI=1S/C20H29N3O4/c24-17-5-1-2-6-18(17)27-15-9-7-14(8-10-15)23-19(25)11-13-22-20(26)16-4-3-12-21-16/h7-10,16-18,21,24H,1-6,11-13H2,(H,22,26)(H,23,25). The third kappa shape index (κ3) is 5.94. The number of aliphatic hydroxyl groups excluding tert-OH is 1. The third-order valence-electron chi connectivity index (χ3n) is 5.12. The van der Waals surface area contributed by atoms with Crippen molar-refractivity contribution in [3.8, 4) is 5.75 Å². The summed E-state index contributed by atoms with van der Waals surface area (Å²) in [5.74, 6) is 0.507. The summed E-state index contributed by atoms with van der Waals surface area (Å²) >= 11 is 0. The molecule has 148 valence electrons. The summed E-state index contributed by atoms with van der Waals surface area (Å²) in [5, 5.41) is 18.7. The van der Waals surface area contributed by atoms with Crippen LogP contribution in [0.15, 0.2) is 24.3 Å². The molecule has 2 fully saturated rings. The van der Waals surface area contributed by atoms with Crippen LogP contribution in [0, 0.1) is 0 Å². The monoisotopic (exact) mass is 375 g/mol. The van der Waals surface area contributed by atoms with Crippen LogP contribution < -0.4 is 20.7 Å². The maximum atomic E-state index is 12.0. The lowest BCUT2D eigenvalue weighted by molar-refractivity contribution is -0.122. The van der Waals surface area contributed by atoms with E-state index in [0.717, 1.165) is 45.1 Å². The third-order valence-corrected chi connectivity index (χ3v) is 5.12. The molecular weight excluding hydrogens is 346 g/mol. The Hall–Kier alpha value is -2.12. The van der Waals surface area contributed by atoms with E-state index in [0.29, 0.717) is 18.0 Å². The summed E-state index contributed by atoms with van der Waals surface area (Å²) in [6, 6.07) is 7.03. The zero-order valence-corrected chi connectivity index (χ0v) is 15.6. The van der Waals surface area contributed by atoms with Gasteiger partial charge in [0.15, 0.2) is 0 Å². The van der Waals surface area contributed by atoms with E-state index in [1.165, 1.54) is 0 Å². The molecule has 7 heteroatoms. The molecule has 1 saturated carbocycles. The second-order valence-corrected chi connectivity index (χ2v) is 7.27. The van der Waals surface area contributed by atoms with Crippen molar-refractivity contribution < 1.29 is 19.4 Å². The van der Waals surface area contributed by atoms with Crippen molar-refractivity contribution in [3.63, 3.8) is 0 Å². The molecule has 0 bridgehead atoms. The highest BCUT2D eigenvalue weighted by Gasteiger charge is 2.24. The first kappa shape index (κ1) is 19.6. The van der Waals surface area contributed by atoms with Crippen LogP contribution in [0.2, 0.25) is 0 Å². The summed E-state index contributed by atoms with van der Waals surface area (Å²) in [4.78, 5) is 23.9. The van der Waals surface area contributed by atoms with Gasteiger partial charge in [0.25, 0.3) is 0 Å². The average molecular weight is 375 g/mol. The van der Waals surface area contributed by atoms with Crippen LogP contribution in [0.3, 0.4) is 0 Å². The van der Waals surface area contributed by atoms with Crippen LogP contribution in [0.5, 0.6) is 5.75 Å². The number of anilines is 1. The Labute approximate surface area is 159 Å². The Kier molecular flexibility index (Phi) is 7.06. The quantitative estimate of drug-likeness (QED) is 0.580. The van der Waals surface area contributed by atoms with E-state index in [2.05, 4.69) is 16.0 Å². The number of amides is 2. The smallest absolute Gasteiger partial charge is 0.237 e. The van der Waals surface area contributed by atoms with Gasteiger partial charge in [-0.3, -0.25) is 9.59 Å². The van der Waals surface area contributed by atoms with Crippen LogP contribution in [0.25, 0.3) is 0 Å². The van der Waals surface area contributed by atoms with E-state index >= 15 is 0 Å². The van der Waals surface area contributed by atoms with Crippen LogP contribution in [0.1, 0.15) is 44.9 Å². The number of ether oxygens (including phenoxy) is 1. The topological polar surface area (TPSA) is 99.7 Å². The predicted molar refractivity (Wildman–Crippen MR) is 103 cm³/mol. The average Bonchev–Trinajstić information content (AvgIpc) is 3.20. The maximum Gasteiger partial charge on any atom is 0.237 e. The lowest BCUT2D eigenvalue weighted by Gasteiger charge is -2.28. The number of nitrogens with one attached hydrogen (secondary N) is 3. The molecule has 1 aliphatic heterocycles. The van der Waals surface area contributed by atoms with Crippen molar-refractivity contribution in [1.82, 2.24) is 10.6 Å². The van der Waals surface area contributed by atoms with E-state index in [1.54, 1.807) is 24.3 Å². The van der Waals surface area contributed by atoms with Gasteiger partial charge in [0.05, 0.1) is 12.1 Å². The van der Waals surface area contributed by atoms with Crippen LogP contribution in [-0.4, -0.2) is 48.3 Å². The molecule has 1 saturated heterocycles. The Bertz CT molecular complexity index is 629. The molecule has 4 N–H and O–H groups in total. The highest BCUT2D eigenvalue weighted by molar-refractivity contribution is 5.91.